The molecular formula is C14H18O5. The average molecular weight is 266 g/mol. The molecule has 0 aromatic heterocycles. The molecule has 0 amide bonds. The largest absolute Gasteiger partial charge is 0.504 e. The molecule has 4 N–H and O–H groups in total. The summed E-state index contributed by atoms with van der Waals surface area (Å²) in [6.07, 6.45) is -1.85. The normalized spacial score (nSPS) is 39.8. The third kappa shape index (κ3) is 1.25. The van der Waals surface area contributed by atoms with Gasteiger partial charge < -0.3 is 25.2 Å². The van der Waals surface area contributed by atoms with Crippen molar-refractivity contribution in [2.75, 3.05) is 6.61 Å². The Hall–Kier alpha value is -1.30. The van der Waals surface area contributed by atoms with Crippen LogP contribution in [0.25, 0.3) is 0 Å². The summed E-state index contributed by atoms with van der Waals surface area (Å²) in [5.41, 5.74) is -0.619. The molecule has 1 saturated carbocycles. The van der Waals surface area contributed by atoms with Gasteiger partial charge in [-0.1, -0.05) is 19.1 Å². The van der Waals surface area contributed by atoms with E-state index in [-0.39, 0.29) is 12.2 Å². The van der Waals surface area contributed by atoms with Gasteiger partial charge >= 0.3 is 0 Å². The molecule has 19 heavy (non-hydrogen) atoms. The monoisotopic (exact) mass is 266 g/mol. The fourth-order valence-corrected chi connectivity index (χ4v) is 3.54. The molecule has 1 heterocycles. The van der Waals surface area contributed by atoms with Gasteiger partial charge in [0.25, 0.3) is 0 Å². The quantitative estimate of drug-likeness (QED) is 0.583. The van der Waals surface area contributed by atoms with Gasteiger partial charge in [0.05, 0.1) is 12.7 Å². The molecule has 3 rings (SSSR count). The number of aryl methyl sites for hydroxylation is 1. The van der Waals surface area contributed by atoms with Crippen LogP contribution in [-0.4, -0.2) is 44.8 Å². The van der Waals surface area contributed by atoms with Gasteiger partial charge in [-0.25, -0.2) is 0 Å². The Morgan fingerprint density at radius 2 is 2.05 bits per heavy atom. The number of rotatable bonds is 1. The number of fused-ring (bicyclic) bond motifs is 3. The van der Waals surface area contributed by atoms with Crippen molar-refractivity contribution in [3.63, 3.8) is 0 Å². The predicted molar refractivity (Wildman–Crippen MR) is 67.3 cm³/mol. The lowest BCUT2D eigenvalue weighted by molar-refractivity contribution is -0.104. The van der Waals surface area contributed by atoms with Gasteiger partial charge in [-0.05, 0) is 18.9 Å². The average Bonchev–Trinajstić information content (AvgIpc) is 2.73. The summed E-state index contributed by atoms with van der Waals surface area (Å²) in [7, 11) is 0. The van der Waals surface area contributed by atoms with E-state index < -0.39 is 29.8 Å². The van der Waals surface area contributed by atoms with Crippen molar-refractivity contribution < 1.29 is 25.2 Å². The molecule has 0 unspecified atom stereocenters. The molecule has 0 radical (unpaired) electrons. The molecule has 4 atom stereocenters. The first-order valence-electron chi connectivity index (χ1n) is 6.36. The second-order valence-electron chi connectivity index (χ2n) is 5.81. The maximum atomic E-state index is 10.2. The van der Waals surface area contributed by atoms with Crippen LogP contribution in [0, 0.1) is 6.92 Å². The van der Waals surface area contributed by atoms with Crippen molar-refractivity contribution >= 4 is 0 Å². The Bertz CT molecular complexity index is 543. The summed E-state index contributed by atoms with van der Waals surface area (Å²) in [5, 5.41) is 39.9. The minimum absolute atomic E-state index is 0.0302. The summed E-state index contributed by atoms with van der Waals surface area (Å²) in [5.74, 6) is 0.338. The van der Waals surface area contributed by atoms with E-state index in [1.165, 1.54) is 0 Å². The van der Waals surface area contributed by atoms with Crippen molar-refractivity contribution in [1.82, 2.24) is 0 Å². The van der Waals surface area contributed by atoms with Gasteiger partial charge in [0.15, 0.2) is 17.1 Å². The van der Waals surface area contributed by atoms with Crippen LogP contribution in [0.2, 0.25) is 0 Å². The maximum Gasteiger partial charge on any atom is 0.170 e. The fraction of sp³-hybridized carbons (Fsp3) is 0.571. The molecule has 0 bridgehead atoms. The Labute approximate surface area is 111 Å². The molecule has 104 valence electrons. The molecular weight excluding hydrogens is 248 g/mol. The number of benzene rings is 1. The summed E-state index contributed by atoms with van der Waals surface area (Å²) < 4.78 is 5.75. The number of hydrogen-bond acceptors (Lipinski definition) is 5. The highest BCUT2D eigenvalue weighted by Crippen LogP contribution is 2.60. The molecule has 1 aliphatic carbocycles. The minimum atomic E-state index is -1.29. The van der Waals surface area contributed by atoms with Crippen LogP contribution >= 0.6 is 0 Å². The molecule has 5 nitrogen and oxygen atoms in total. The first-order valence-corrected chi connectivity index (χ1v) is 6.36. The highest BCUT2D eigenvalue weighted by atomic mass is 16.5. The highest BCUT2D eigenvalue weighted by Gasteiger charge is 2.68. The van der Waals surface area contributed by atoms with E-state index in [1.54, 1.807) is 13.0 Å². The third-order valence-electron chi connectivity index (χ3n) is 4.84. The number of phenolic OH excluding ortho intramolecular Hbond substituents is 1. The molecule has 1 aliphatic heterocycles. The highest BCUT2D eigenvalue weighted by molar-refractivity contribution is 5.59. The van der Waals surface area contributed by atoms with Crippen LogP contribution in [0.4, 0.5) is 0 Å². The molecule has 0 spiro atoms. The zero-order valence-electron chi connectivity index (χ0n) is 10.9. The van der Waals surface area contributed by atoms with E-state index >= 15 is 0 Å². The molecule has 1 aromatic carbocycles. The van der Waals surface area contributed by atoms with Crippen molar-refractivity contribution in [2.24, 2.45) is 0 Å². The van der Waals surface area contributed by atoms with E-state index in [4.69, 9.17) is 4.74 Å². The van der Waals surface area contributed by atoms with Crippen molar-refractivity contribution in [2.45, 2.75) is 43.5 Å². The SMILES string of the molecule is Cc1ccc2c(c1O)O[C@]1(CO)[C@H](O)[C@H](O)C[C@]21C. The standard InChI is InChI=1S/C14H18O5/c1-7-3-4-8-11(10(7)17)19-14(6-15)12(18)9(16)5-13(8,14)2/h3-4,9,12,15-18H,5-6H2,1-2H3/t9-,12-,13-,14-/m1/s1. The molecule has 2 aliphatic rings. The number of aromatic hydroxyl groups is 1. The Kier molecular flexibility index (Phi) is 2.43. The van der Waals surface area contributed by atoms with Gasteiger partial charge in [-0.2, -0.15) is 0 Å². The zero-order chi connectivity index (χ0) is 14.0. The topological polar surface area (TPSA) is 90.2 Å². The van der Waals surface area contributed by atoms with Gasteiger partial charge in [0.2, 0.25) is 0 Å². The van der Waals surface area contributed by atoms with Crippen LogP contribution in [0.3, 0.4) is 0 Å². The van der Waals surface area contributed by atoms with Crippen LogP contribution in [0.15, 0.2) is 12.1 Å². The fourth-order valence-electron chi connectivity index (χ4n) is 3.54. The molecule has 1 fully saturated rings. The number of aliphatic hydroxyl groups is 3. The lowest BCUT2D eigenvalue weighted by Gasteiger charge is -2.36. The second-order valence-corrected chi connectivity index (χ2v) is 5.81. The van der Waals surface area contributed by atoms with E-state index in [0.717, 1.165) is 5.56 Å². The Morgan fingerprint density at radius 3 is 2.68 bits per heavy atom. The molecule has 0 saturated heterocycles. The number of phenols is 1. The van der Waals surface area contributed by atoms with Crippen molar-refractivity contribution in [3.8, 4) is 11.5 Å². The van der Waals surface area contributed by atoms with E-state index in [9.17, 15) is 20.4 Å². The van der Waals surface area contributed by atoms with Gasteiger partial charge in [0.1, 0.15) is 6.10 Å². The van der Waals surface area contributed by atoms with Crippen molar-refractivity contribution in [3.05, 3.63) is 23.3 Å². The van der Waals surface area contributed by atoms with Crippen LogP contribution in [0.5, 0.6) is 11.5 Å². The maximum absolute atomic E-state index is 10.2. The van der Waals surface area contributed by atoms with Crippen LogP contribution < -0.4 is 4.74 Å². The first-order chi connectivity index (χ1) is 8.87. The summed E-state index contributed by atoms with van der Waals surface area (Å²) in [6, 6.07) is 3.60. The predicted octanol–water partition coefficient (Wildman–Crippen LogP) is 0.207. The Balaban J connectivity index is 2.24. The number of aliphatic hydroxyl groups excluding tert-OH is 3. The smallest absolute Gasteiger partial charge is 0.170 e. The van der Waals surface area contributed by atoms with E-state index in [2.05, 4.69) is 0 Å². The van der Waals surface area contributed by atoms with Gasteiger partial charge in [0, 0.05) is 11.0 Å². The third-order valence-corrected chi connectivity index (χ3v) is 4.84. The lowest BCUT2D eigenvalue weighted by atomic mass is 9.72. The van der Waals surface area contributed by atoms with E-state index in [0.29, 0.717) is 11.3 Å². The lowest BCUT2D eigenvalue weighted by Crippen LogP contribution is -2.56. The first kappa shape index (κ1) is 12.7. The van der Waals surface area contributed by atoms with Gasteiger partial charge in [-0.15, -0.1) is 0 Å². The summed E-state index contributed by atoms with van der Waals surface area (Å²) >= 11 is 0. The summed E-state index contributed by atoms with van der Waals surface area (Å²) in [6.45, 7) is 3.17. The zero-order valence-corrected chi connectivity index (χ0v) is 10.9. The second kappa shape index (κ2) is 3.62. The minimum Gasteiger partial charge on any atom is -0.504 e. The summed E-state index contributed by atoms with van der Waals surface area (Å²) in [4.78, 5) is 0. The van der Waals surface area contributed by atoms with Crippen LogP contribution in [-0.2, 0) is 5.41 Å². The van der Waals surface area contributed by atoms with Crippen LogP contribution in [0.1, 0.15) is 24.5 Å². The van der Waals surface area contributed by atoms with Gasteiger partial charge in [-0.3, -0.25) is 0 Å². The number of hydrogen-bond donors (Lipinski definition) is 4. The molecule has 1 aromatic rings. The van der Waals surface area contributed by atoms with E-state index in [1.807, 2.05) is 13.0 Å². The Morgan fingerprint density at radius 1 is 1.37 bits per heavy atom. The number of ether oxygens (including phenoxy) is 1. The van der Waals surface area contributed by atoms with Crippen molar-refractivity contribution in [1.29, 1.82) is 0 Å². The molecule has 5 heteroatoms.